The number of halogens is 3. The molecule has 11 nitrogen and oxygen atoms in total. The van der Waals surface area contributed by atoms with E-state index >= 15 is 0 Å². The van der Waals surface area contributed by atoms with Crippen molar-refractivity contribution in [1.82, 2.24) is 29.5 Å². The first kappa shape index (κ1) is 37.7. The third-order valence-electron chi connectivity index (χ3n) is 10.5. The number of benzene rings is 1. The highest BCUT2D eigenvalue weighted by Gasteiger charge is 2.40. The molecule has 1 aliphatic carbocycles. The second kappa shape index (κ2) is 15.5. The molecule has 3 atom stereocenters. The Balaban J connectivity index is 1.34. The number of aromatic nitrogens is 4. The smallest absolute Gasteiger partial charge is 0.416 e. The number of nitrogens with zero attached hydrogens (tertiary/aromatic N) is 8. The number of rotatable bonds is 12. The van der Waals surface area contributed by atoms with E-state index in [1.165, 1.54) is 24.4 Å². The molecule has 0 radical (unpaired) electrons. The first-order valence-electron chi connectivity index (χ1n) is 18.1. The van der Waals surface area contributed by atoms with E-state index in [9.17, 15) is 18.0 Å². The van der Waals surface area contributed by atoms with Gasteiger partial charge in [0.1, 0.15) is 18.6 Å². The number of fused-ring (bicyclic) bond motifs is 2. The molecule has 52 heavy (non-hydrogen) atoms. The van der Waals surface area contributed by atoms with Gasteiger partial charge in [-0.05, 0) is 75.0 Å². The number of carbonyl (C=O) groups excluding carboxylic acids is 1. The monoisotopic (exact) mass is 738 g/mol. The van der Waals surface area contributed by atoms with Crippen molar-refractivity contribution in [2.45, 2.75) is 76.2 Å². The van der Waals surface area contributed by atoms with Crippen LogP contribution in [-0.2, 0) is 35.3 Å². The number of amides is 1. The molecule has 0 spiro atoms. The largest absolute Gasteiger partial charge is 0.463 e. The zero-order chi connectivity index (χ0) is 37.2. The molecule has 2 unspecified atom stereocenters. The van der Waals surface area contributed by atoms with Crippen LogP contribution in [0.25, 0.3) is 15.7 Å². The molecule has 2 saturated heterocycles. The molecule has 2 fully saturated rings. The van der Waals surface area contributed by atoms with Gasteiger partial charge < -0.3 is 29.0 Å². The summed E-state index contributed by atoms with van der Waals surface area (Å²) >= 11 is 0. The first-order valence-corrected chi connectivity index (χ1v) is 21.8. The van der Waals surface area contributed by atoms with Gasteiger partial charge >= 0.3 is 12.2 Å². The molecule has 15 heteroatoms. The maximum Gasteiger partial charge on any atom is 0.416 e. The van der Waals surface area contributed by atoms with Gasteiger partial charge in [0.25, 0.3) is 0 Å². The fourth-order valence-electron chi connectivity index (χ4n) is 7.71. The Labute approximate surface area is 304 Å². The second-order valence-corrected chi connectivity index (χ2v) is 21.2. The molecule has 3 aliphatic rings. The number of ether oxygens (including phenoxy) is 2. The van der Waals surface area contributed by atoms with E-state index in [0.717, 1.165) is 31.1 Å². The first-order chi connectivity index (χ1) is 24.8. The molecule has 1 amide bonds. The SMILES string of the molecule is [C-]#[N+]CC1CN(c2nc(OC[C@@H]3CCN(C)C3)nc3c2CCC(c2c(C(F)(F)F)ccc4c2cnn4COCC[Si](C)(C)C)C3)CCN1C(=O)C=C. The molecule has 0 saturated carbocycles. The van der Waals surface area contributed by atoms with E-state index in [0.29, 0.717) is 74.0 Å². The minimum Gasteiger partial charge on any atom is -0.463 e. The van der Waals surface area contributed by atoms with Crippen molar-refractivity contribution in [2.75, 3.05) is 64.4 Å². The molecule has 2 aromatic heterocycles. The predicted octanol–water partition coefficient (Wildman–Crippen LogP) is 5.88. The van der Waals surface area contributed by atoms with Gasteiger partial charge in [-0.2, -0.15) is 28.2 Å². The minimum absolute atomic E-state index is 0.130. The predicted molar refractivity (Wildman–Crippen MR) is 196 cm³/mol. The van der Waals surface area contributed by atoms with Gasteiger partial charge in [-0.3, -0.25) is 4.79 Å². The normalized spacial score (nSPS) is 21.3. The Morgan fingerprint density at radius 3 is 2.65 bits per heavy atom. The van der Waals surface area contributed by atoms with Crippen molar-refractivity contribution >= 4 is 30.7 Å². The molecular formula is C37H49F3N8O3Si. The van der Waals surface area contributed by atoms with E-state index in [1.807, 2.05) is 0 Å². The molecule has 2 aliphatic heterocycles. The van der Waals surface area contributed by atoms with E-state index in [4.69, 9.17) is 26.0 Å². The summed E-state index contributed by atoms with van der Waals surface area (Å²) in [6.07, 6.45) is 0.440. The third-order valence-corrected chi connectivity index (χ3v) is 12.2. The van der Waals surface area contributed by atoms with E-state index in [1.54, 1.807) is 9.58 Å². The summed E-state index contributed by atoms with van der Waals surface area (Å²) in [7, 11) is 0.766. The van der Waals surface area contributed by atoms with Crippen LogP contribution in [0.15, 0.2) is 31.0 Å². The number of likely N-dealkylation sites (tertiary alicyclic amines) is 1. The lowest BCUT2D eigenvalue weighted by Crippen LogP contribution is -2.56. The molecular weight excluding hydrogens is 690 g/mol. The highest BCUT2D eigenvalue weighted by molar-refractivity contribution is 6.76. The summed E-state index contributed by atoms with van der Waals surface area (Å²) in [6, 6.07) is 3.49. The van der Waals surface area contributed by atoms with Crippen LogP contribution in [0, 0.1) is 12.5 Å². The Bertz CT molecular complexity index is 1820. The molecule has 4 heterocycles. The summed E-state index contributed by atoms with van der Waals surface area (Å²) in [5.74, 6) is 0.289. The van der Waals surface area contributed by atoms with Crippen molar-refractivity contribution < 1.29 is 27.4 Å². The van der Waals surface area contributed by atoms with Gasteiger partial charge in [0, 0.05) is 57.7 Å². The van der Waals surface area contributed by atoms with Crippen LogP contribution in [-0.4, -0.2) is 109 Å². The summed E-state index contributed by atoms with van der Waals surface area (Å²) in [6.45, 7) is 22.4. The van der Waals surface area contributed by atoms with Crippen LogP contribution in [0.5, 0.6) is 6.01 Å². The van der Waals surface area contributed by atoms with Crippen LogP contribution in [0.2, 0.25) is 25.7 Å². The molecule has 280 valence electrons. The fourth-order valence-corrected chi connectivity index (χ4v) is 8.47. The molecule has 0 N–H and O–H groups in total. The summed E-state index contributed by atoms with van der Waals surface area (Å²) in [5, 5.41) is 4.95. The highest BCUT2D eigenvalue weighted by atomic mass is 28.3. The van der Waals surface area contributed by atoms with Crippen LogP contribution in [0.1, 0.15) is 41.1 Å². The van der Waals surface area contributed by atoms with Gasteiger partial charge in [-0.25, -0.2) is 11.3 Å². The zero-order valence-electron chi connectivity index (χ0n) is 30.6. The van der Waals surface area contributed by atoms with E-state index in [2.05, 4.69) is 53.0 Å². The quantitative estimate of drug-likeness (QED) is 0.0985. The Kier molecular flexibility index (Phi) is 11.3. The minimum atomic E-state index is -4.56. The van der Waals surface area contributed by atoms with E-state index < -0.39 is 25.7 Å². The number of carbonyl (C=O) groups is 1. The lowest BCUT2D eigenvalue weighted by molar-refractivity contribution is -0.138. The van der Waals surface area contributed by atoms with Crippen molar-refractivity contribution in [1.29, 1.82) is 0 Å². The Morgan fingerprint density at radius 1 is 1.15 bits per heavy atom. The number of piperazine rings is 1. The van der Waals surface area contributed by atoms with Crippen molar-refractivity contribution in [3.05, 3.63) is 64.8 Å². The zero-order valence-corrected chi connectivity index (χ0v) is 31.6. The van der Waals surface area contributed by atoms with Crippen molar-refractivity contribution in [3.63, 3.8) is 0 Å². The van der Waals surface area contributed by atoms with Crippen molar-refractivity contribution in [2.24, 2.45) is 5.92 Å². The summed E-state index contributed by atoms with van der Waals surface area (Å²) < 4.78 is 57.9. The van der Waals surface area contributed by atoms with Gasteiger partial charge in [0.15, 0.2) is 0 Å². The highest BCUT2D eigenvalue weighted by Crippen LogP contribution is 2.45. The third kappa shape index (κ3) is 8.45. The Hall–Kier alpha value is -4.00. The van der Waals surface area contributed by atoms with E-state index in [-0.39, 0.29) is 43.2 Å². The maximum atomic E-state index is 14.7. The topological polar surface area (TPSA) is 93.2 Å². The molecule has 1 aromatic carbocycles. The lowest BCUT2D eigenvalue weighted by Gasteiger charge is -2.40. The van der Waals surface area contributed by atoms with Crippen LogP contribution in [0.3, 0.4) is 0 Å². The average molecular weight is 739 g/mol. The molecule has 6 rings (SSSR count). The summed E-state index contributed by atoms with van der Waals surface area (Å²) in [4.78, 5) is 32.0. The summed E-state index contributed by atoms with van der Waals surface area (Å²) in [5.41, 5.74) is 1.72. The lowest BCUT2D eigenvalue weighted by atomic mass is 9.79. The molecule has 0 bridgehead atoms. The maximum absolute atomic E-state index is 14.7. The second-order valence-electron chi connectivity index (χ2n) is 15.5. The number of hydrogen-bond acceptors (Lipinski definition) is 8. The number of alkyl halides is 3. The van der Waals surface area contributed by atoms with Gasteiger partial charge in [0.2, 0.25) is 12.5 Å². The average Bonchev–Trinajstić information content (AvgIpc) is 3.72. The Morgan fingerprint density at radius 2 is 1.96 bits per heavy atom. The van der Waals surface area contributed by atoms with Crippen LogP contribution in [0.4, 0.5) is 19.0 Å². The van der Waals surface area contributed by atoms with Gasteiger partial charge in [-0.1, -0.05) is 26.2 Å². The molecule has 3 aromatic rings. The van der Waals surface area contributed by atoms with Crippen LogP contribution < -0.4 is 9.64 Å². The fraction of sp³-hybridized carbons (Fsp3) is 0.595. The van der Waals surface area contributed by atoms with Gasteiger partial charge in [-0.15, -0.1) is 0 Å². The van der Waals surface area contributed by atoms with Crippen molar-refractivity contribution in [3.8, 4) is 6.01 Å². The number of hydrogen-bond donors (Lipinski definition) is 0. The van der Waals surface area contributed by atoms with Crippen LogP contribution >= 0.6 is 0 Å². The van der Waals surface area contributed by atoms with Gasteiger partial charge in [0.05, 0.1) is 29.6 Å². The number of anilines is 1. The standard InChI is InChI=1S/C37H49F3N8O3Si/c1-7-33(49)47-15-14-46(22-27(47)19-41-2)35-28-9-8-26(18-31(28)43-36(44-35)51-23-25-12-13-45(3)21-25)34-29-20-42-48(24-50-16-17-52(4,5)6)32(29)11-10-30(34)37(38,39)40/h7,10-11,20,25-27H,1,8-9,12-19,21-24H2,3-6H3/t25-,26?,27?/m1/s1.